The van der Waals surface area contributed by atoms with E-state index in [1.54, 1.807) is 4.68 Å². The summed E-state index contributed by atoms with van der Waals surface area (Å²) in [5, 5.41) is 7.73. The van der Waals surface area contributed by atoms with E-state index in [0.29, 0.717) is 17.8 Å². The quantitative estimate of drug-likeness (QED) is 0.592. The van der Waals surface area contributed by atoms with Gasteiger partial charge < -0.3 is 5.32 Å². The molecular formula is C22H25N3O. The molecule has 1 N–H and O–H groups in total. The summed E-state index contributed by atoms with van der Waals surface area (Å²) in [5.41, 5.74) is 3.20. The van der Waals surface area contributed by atoms with E-state index in [-0.39, 0.29) is 5.91 Å². The topological polar surface area (TPSA) is 46.9 Å². The van der Waals surface area contributed by atoms with Crippen LogP contribution in [0, 0.1) is 0 Å². The Morgan fingerprint density at radius 1 is 0.962 bits per heavy atom. The number of hydrogen-bond donors (Lipinski definition) is 1. The standard InChI is InChI=1S/C22H25N3O/c1-2-3-4-11-16-23-22(26)20-17-25(19-14-9-6-10-15-19)24-21(20)18-12-7-5-8-13-18/h5-10,12-15,17H,2-4,11,16H2,1H3,(H,23,26). The van der Waals surface area contributed by atoms with Crippen LogP contribution in [0.15, 0.2) is 66.9 Å². The predicted molar refractivity (Wildman–Crippen MR) is 105 cm³/mol. The molecule has 3 aromatic rings. The number of rotatable bonds is 8. The van der Waals surface area contributed by atoms with Crippen molar-refractivity contribution in [1.29, 1.82) is 0 Å². The Hall–Kier alpha value is -2.88. The van der Waals surface area contributed by atoms with Gasteiger partial charge in [-0.15, -0.1) is 0 Å². The number of aromatic nitrogens is 2. The van der Waals surface area contributed by atoms with Gasteiger partial charge in [-0.25, -0.2) is 4.68 Å². The van der Waals surface area contributed by atoms with E-state index in [0.717, 1.165) is 24.1 Å². The van der Waals surface area contributed by atoms with Crippen LogP contribution in [0.3, 0.4) is 0 Å². The van der Waals surface area contributed by atoms with Crippen LogP contribution in [0.25, 0.3) is 16.9 Å². The van der Waals surface area contributed by atoms with Crippen LogP contribution >= 0.6 is 0 Å². The van der Waals surface area contributed by atoms with Crippen molar-refractivity contribution in [2.45, 2.75) is 32.6 Å². The van der Waals surface area contributed by atoms with Gasteiger partial charge in [0.05, 0.1) is 11.3 Å². The summed E-state index contributed by atoms with van der Waals surface area (Å²) in [6, 6.07) is 19.7. The van der Waals surface area contributed by atoms with Crippen molar-refractivity contribution in [3.63, 3.8) is 0 Å². The van der Waals surface area contributed by atoms with Crippen molar-refractivity contribution in [1.82, 2.24) is 15.1 Å². The van der Waals surface area contributed by atoms with Gasteiger partial charge in [-0.3, -0.25) is 4.79 Å². The first-order valence-corrected chi connectivity index (χ1v) is 9.28. The van der Waals surface area contributed by atoms with Crippen molar-refractivity contribution >= 4 is 5.91 Å². The zero-order chi connectivity index (χ0) is 18.2. The second kappa shape index (κ2) is 8.99. The van der Waals surface area contributed by atoms with E-state index >= 15 is 0 Å². The first-order valence-electron chi connectivity index (χ1n) is 9.28. The minimum Gasteiger partial charge on any atom is -0.352 e. The lowest BCUT2D eigenvalue weighted by atomic mass is 10.1. The molecule has 1 aromatic heterocycles. The maximum absolute atomic E-state index is 12.8. The fourth-order valence-corrected chi connectivity index (χ4v) is 2.91. The van der Waals surface area contributed by atoms with Gasteiger partial charge in [-0.1, -0.05) is 74.7 Å². The third-order valence-corrected chi connectivity index (χ3v) is 4.34. The fourth-order valence-electron chi connectivity index (χ4n) is 2.91. The van der Waals surface area contributed by atoms with E-state index in [1.807, 2.05) is 66.9 Å². The summed E-state index contributed by atoms with van der Waals surface area (Å²) in [5.74, 6) is -0.0671. The molecule has 3 rings (SSSR count). The Morgan fingerprint density at radius 2 is 1.65 bits per heavy atom. The van der Waals surface area contributed by atoms with Crippen molar-refractivity contribution < 1.29 is 4.79 Å². The van der Waals surface area contributed by atoms with Gasteiger partial charge in [0.15, 0.2) is 0 Å². The number of benzene rings is 2. The zero-order valence-corrected chi connectivity index (χ0v) is 15.2. The molecule has 2 aromatic carbocycles. The highest BCUT2D eigenvalue weighted by Gasteiger charge is 2.18. The lowest BCUT2D eigenvalue weighted by molar-refractivity contribution is 0.0953. The van der Waals surface area contributed by atoms with Gasteiger partial charge in [-0.2, -0.15) is 5.10 Å². The van der Waals surface area contributed by atoms with Gasteiger partial charge in [0, 0.05) is 18.3 Å². The Morgan fingerprint density at radius 3 is 2.35 bits per heavy atom. The summed E-state index contributed by atoms with van der Waals surface area (Å²) >= 11 is 0. The minimum atomic E-state index is -0.0671. The van der Waals surface area contributed by atoms with Crippen LogP contribution in [0.4, 0.5) is 0 Å². The second-order valence-corrected chi connectivity index (χ2v) is 6.35. The highest BCUT2D eigenvalue weighted by atomic mass is 16.1. The van der Waals surface area contributed by atoms with Crippen LogP contribution in [-0.2, 0) is 0 Å². The lowest BCUT2D eigenvalue weighted by Crippen LogP contribution is -2.24. The summed E-state index contributed by atoms with van der Waals surface area (Å²) in [6.45, 7) is 2.88. The van der Waals surface area contributed by atoms with E-state index < -0.39 is 0 Å². The van der Waals surface area contributed by atoms with Crippen LogP contribution in [0.1, 0.15) is 43.0 Å². The fraction of sp³-hybridized carbons (Fsp3) is 0.273. The maximum Gasteiger partial charge on any atom is 0.255 e. The predicted octanol–water partition coefficient (Wildman–Crippen LogP) is 4.85. The smallest absolute Gasteiger partial charge is 0.255 e. The summed E-state index contributed by atoms with van der Waals surface area (Å²) in [4.78, 5) is 12.8. The van der Waals surface area contributed by atoms with E-state index in [1.165, 1.54) is 12.8 Å². The highest BCUT2D eigenvalue weighted by Crippen LogP contribution is 2.23. The second-order valence-electron chi connectivity index (χ2n) is 6.35. The molecule has 0 aliphatic heterocycles. The summed E-state index contributed by atoms with van der Waals surface area (Å²) in [6.07, 6.45) is 6.37. The van der Waals surface area contributed by atoms with Gasteiger partial charge in [0.1, 0.15) is 5.69 Å². The van der Waals surface area contributed by atoms with Crippen LogP contribution in [0.2, 0.25) is 0 Å². The molecule has 0 aliphatic rings. The third-order valence-electron chi connectivity index (χ3n) is 4.34. The number of para-hydroxylation sites is 1. The highest BCUT2D eigenvalue weighted by molar-refractivity contribution is 5.99. The molecule has 0 fully saturated rings. The average molecular weight is 347 g/mol. The summed E-state index contributed by atoms with van der Waals surface area (Å²) < 4.78 is 1.77. The van der Waals surface area contributed by atoms with Crippen molar-refractivity contribution in [3.05, 3.63) is 72.4 Å². The molecular weight excluding hydrogens is 322 g/mol. The Bertz CT molecular complexity index is 825. The molecule has 4 nitrogen and oxygen atoms in total. The molecule has 0 aliphatic carbocycles. The molecule has 4 heteroatoms. The van der Waals surface area contributed by atoms with Gasteiger partial charge in [-0.05, 0) is 18.6 Å². The monoisotopic (exact) mass is 347 g/mol. The maximum atomic E-state index is 12.8. The first kappa shape index (κ1) is 17.9. The number of carbonyl (C=O) groups is 1. The molecule has 0 saturated heterocycles. The summed E-state index contributed by atoms with van der Waals surface area (Å²) in [7, 11) is 0. The molecule has 1 amide bonds. The first-order chi connectivity index (χ1) is 12.8. The largest absolute Gasteiger partial charge is 0.352 e. The molecule has 0 unspecified atom stereocenters. The molecule has 134 valence electrons. The number of nitrogens with zero attached hydrogens (tertiary/aromatic N) is 2. The average Bonchev–Trinajstić information content (AvgIpc) is 3.15. The lowest BCUT2D eigenvalue weighted by Gasteiger charge is -2.05. The number of carbonyl (C=O) groups excluding carboxylic acids is 1. The molecule has 0 radical (unpaired) electrons. The number of hydrogen-bond acceptors (Lipinski definition) is 2. The minimum absolute atomic E-state index is 0.0671. The molecule has 0 saturated carbocycles. The Balaban J connectivity index is 1.85. The van der Waals surface area contributed by atoms with E-state index in [9.17, 15) is 4.79 Å². The number of unbranched alkanes of at least 4 members (excludes halogenated alkanes) is 3. The van der Waals surface area contributed by atoms with Gasteiger partial charge in [0.2, 0.25) is 0 Å². The van der Waals surface area contributed by atoms with Crippen LogP contribution < -0.4 is 5.32 Å². The number of amides is 1. The normalized spacial score (nSPS) is 10.7. The molecule has 1 heterocycles. The van der Waals surface area contributed by atoms with Gasteiger partial charge in [0.25, 0.3) is 5.91 Å². The van der Waals surface area contributed by atoms with Crippen molar-refractivity contribution in [3.8, 4) is 16.9 Å². The Labute approximate surface area is 154 Å². The van der Waals surface area contributed by atoms with E-state index in [2.05, 4.69) is 17.3 Å². The van der Waals surface area contributed by atoms with Gasteiger partial charge >= 0.3 is 0 Å². The van der Waals surface area contributed by atoms with Crippen LogP contribution in [-0.4, -0.2) is 22.2 Å². The van der Waals surface area contributed by atoms with Crippen molar-refractivity contribution in [2.24, 2.45) is 0 Å². The molecule has 0 bridgehead atoms. The van der Waals surface area contributed by atoms with Crippen molar-refractivity contribution in [2.75, 3.05) is 6.54 Å². The SMILES string of the molecule is CCCCCCNC(=O)c1cn(-c2ccccc2)nc1-c1ccccc1. The molecule has 26 heavy (non-hydrogen) atoms. The van der Waals surface area contributed by atoms with E-state index in [4.69, 9.17) is 0 Å². The molecule has 0 atom stereocenters. The van der Waals surface area contributed by atoms with Crippen LogP contribution in [0.5, 0.6) is 0 Å². The molecule has 0 spiro atoms. The zero-order valence-electron chi connectivity index (χ0n) is 15.2. The number of nitrogens with one attached hydrogen (secondary N) is 1. The third kappa shape index (κ3) is 4.39. The Kier molecular flexibility index (Phi) is 6.20.